The number of aliphatic hydroxyl groups is 5. The van der Waals surface area contributed by atoms with Crippen LogP contribution in [0.3, 0.4) is 0 Å². The summed E-state index contributed by atoms with van der Waals surface area (Å²) in [7, 11) is 5.35. The second-order valence-corrected chi connectivity index (χ2v) is 12.3. The third kappa shape index (κ3) is 7.08. The summed E-state index contributed by atoms with van der Waals surface area (Å²) in [6, 6.07) is -0.882. The fourth-order valence-electron chi connectivity index (χ4n) is 7.49. The van der Waals surface area contributed by atoms with E-state index in [0.717, 1.165) is 0 Å². The molecule has 0 spiro atoms. The lowest BCUT2D eigenvalue weighted by molar-refractivity contribution is -0.191. The van der Waals surface area contributed by atoms with Crippen LogP contribution in [0.15, 0.2) is 0 Å². The topological polar surface area (TPSA) is 196 Å². The van der Waals surface area contributed by atoms with Gasteiger partial charge in [0, 0.05) is 11.8 Å². The predicted molar refractivity (Wildman–Crippen MR) is 155 cm³/mol. The lowest BCUT2D eigenvalue weighted by Crippen LogP contribution is -2.62. The van der Waals surface area contributed by atoms with Crippen LogP contribution < -0.4 is 16.0 Å². The number of nitrogens with one attached hydrogen (secondary N) is 3. The monoisotopic (exact) mass is 621 g/mol. The molecular formula is C29H55N3O11. The first kappa shape index (κ1) is 35.3. The number of rotatable bonds is 16. The average Bonchev–Trinajstić information content (AvgIpc) is 3.75. The molecule has 4 fully saturated rings. The number of hydrogen-bond acceptors (Lipinski definition) is 14. The van der Waals surface area contributed by atoms with Crippen molar-refractivity contribution < 1.29 is 54.0 Å². The molecule has 0 saturated carbocycles. The second-order valence-electron chi connectivity index (χ2n) is 12.3. The Kier molecular flexibility index (Phi) is 13.0. The molecule has 4 heterocycles. The van der Waals surface area contributed by atoms with Crippen molar-refractivity contribution in [2.75, 3.05) is 67.4 Å². The third-order valence-corrected chi connectivity index (χ3v) is 10.1. The molecule has 14 nitrogen and oxygen atoms in total. The summed E-state index contributed by atoms with van der Waals surface area (Å²) in [4.78, 5) is 0. The smallest absolute Gasteiger partial charge is 0.148 e. The first-order valence-corrected chi connectivity index (χ1v) is 15.8. The summed E-state index contributed by atoms with van der Waals surface area (Å²) in [5.41, 5.74) is -0.853. The highest BCUT2D eigenvalue weighted by Gasteiger charge is 2.69. The Balaban J connectivity index is 1.33. The highest BCUT2D eigenvalue weighted by Crippen LogP contribution is 2.48. The molecule has 0 aromatic rings. The molecule has 0 aliphatic carbocycles. The van der Waals surface area contributed by atoms with Gasteiger partial charge in [0.05, 0.1) is 107 Å². The molecule has 4 aliphatic heterocycles. The highest BCUT2D eigenvalue weighted by atomic mass is 16.7. The van der Waals surface area contributed by atoms with Crippen molar-refractivity contribution in [1.82, 2.24) is 16.0 Å². The summed E-state index contributed by atoms with van der Waals surface area (Å²) < 4.78 is 36.8. The van der Waals surface area contributed by atoms with Crippen LogP contribution in [0.4, 0.5) is 0 Å². The summed E-state index contributed by atoms with van der Waals surface area (Å²) in [6.45, 7) is 3.91. The van der Waals surface area contributed by atoms with Crippen molar-refractivity contribution in [2.24, 2.45) is 11.8 Å². The number of likely N-dealkylation sites (N-methyl/N-ethyl adjacent to an activating group) is 3. The van der Waals surface area contributed by atoms with Crippen LogP contribution in [0.1, 0.15) is 26.7 Å². The zero-order valence-corrected chi connectivity index (χ0v) is 26.1. The van der Waals surface area contributed by atoms with Gasteiger partial charge in [-0.05, 0) is 34.0 Å². The van der Waals surface area contributed by atoms with Gasteiger partial charge >= 0.3 is 0 Å². The van der Waals surface area contributed by atoms with E-state index in [9.17, 15) is 25.5 Å². The van der Waals surface area contributed by atoms with Crippen LogP contribution in [-0.2, 0) is 28.4 Å². The Bertz CT molecular complexity index is 847. The van der Waals surface area contributed by atoms with Gasteiger partial charge in [-0.2, -0.15) is 0 Å². The lowest BCUT2D eigenvalue weighted by Gasteiger charge is -2.45. The van der Waals surface area contributed by atoms with Crippen LogP contribution in [0.25, 0.3) is 0 Å². The number of aliphatic hydroxyl groups excluding tert-OH is 5. The average molecular weight is 622 g/mol. The van der Waals surface area contributed by atoms with E-state index in [-0.39, 0.29) is 82.5 Å². The fourth-order valence-corrected chi connectivity index (χ4v) is 7.49. The van der Waals surface area contributed by atoms with Gasteiger partial charge in [0.15, 0.2) is 0 Å². The van der Waals surface area contributed by atoms with Crippen molar-refractivity contribution in [3.8, 4) is 0 Å². The lowest BCUT2D eigenvalue weighted by atomic mass is 9.83. The maximum Gasteiger partial charge on any atom is 0.148 e. The first-order valence-electron chi connectivity index (χ1n) is 15.8. The minimum Gasteiger partial charge on any atom is -0.394 e. The van der Waals surface area contributed by atoms with E-state index in [0.29, 0.717) is 12.8 Å². The van der Waals surface area contributed by atoms with Gasteiger partial charge in [0.25, 0.3) is 0 Å². The molecule has 4 rings (SSSR count). The van der Waals surface area contributed by atoms with Crippen LogP contribution in [0.5, 0.6) is 0 Å². The van der Waals surface area contributed by atoms with Gasteiger partial charge in [-0.25, -0.2) is 0 Å². The maximum atomic E-state index is 11.0. The Morgan fingerprint density at radius 3 is 1.77 bits per heavy atom. The molecule has 0 radical (unpaired) electrons. The molecule has 15 unspecified atom stereocenters. The molecule has 0 aromatic heterocycles. The summed E-state index contributed by atoms with van der Waals surface area (Å²) in [5.74, 6) is -0.615. The molecule has 15 atom stereocenters. The van der Waals surface area contributed by atoms with E-state index in [1.54, 1.807) is 14.1 Å². The van der Waals surface area contributed by atoms with E-state index in [4.69, 9.17) is 28.4 Å². The summed E-state index contributed by atoms with van der Waals surface area (Å²) in [5, 5.41) is 61.4. The van der Waals surface area contributed by atoms with Crippen LogP contribution in [0, 0.1) is 11.8 Å². The van der Waals surface area contributed by atoms with E-state index < -0.39 is 54.2 Å². The van der Waals surface area contributed by atoms with Crippen LogP contribution in [0.2, 0.25) is 0 Å². The largest absolute Gasteiger partial charge is 0.394 e. The zero-order chi connectivity index (χ0) is 31.3. The van der Waals surface area contributed by atoms with Crippen molar-refractivity contribution in [3.05, 3.63) is 0 Å². The number of fused-ring (bicyclic) bond motifs is 1. The first-order chi connectivity index (χ1) is 20.8. The van der Waals surface area contributed by atoms with Gasteiger partial charge in [0.1, 0.15) is 17.8 Å². The molecule has 8 N–H and O–H groups in total. The highest BCUT2D eigenvalue weighted by molar-refractivity contribution is 5.18. The van der Waals surface area contributed by atoms with Crippen molar-refractivity contribution in [1.29, 1.82) is 0 Å². The molecular weight excluding hydrogens is 566 g/mol. The number of ether oxygens (including phenoxy) is 6. The molecule has 0 bridgehead atoms. The van der Waals surface area contributed by atoms with E-state index in [2.05, 4.69) is 16.0 Å². The van der Waals surface area contributed by atoms with Gasteiger partial charge in [-0.1, -0.05) is 13.8 Å². The molecule has 4 saturated heterocycles. The van der Waals surface area contributed by atoms with Crippen molar-refractivity contribution in [3.63, 3.8) is 0 Å². The summed E-state index contributed by atoms with van der Waals surface area (Å²) >= 11 is 0. The van der Waals surface area contributed by atoms with Gasteiger partial charge in [-0.3, -0.25) is 0 Å². The fraction of sp³-hybridized carbons (Fsp3) is 1.00. The molecule has 43 heavy (non-hydrogen) atoms. The summed E-state index contributed by atoms with van der Waals surface area (Å²) in [6.07, 6.45) is -3.18. The Hall–Kier alpha value is -0.560. The molecule has 0 amide bonds. The Labute approximate surface area is 254 Å². The van der Waals surface area contributed by atoms with Gasteiger partial charge in [0.2, 0.25) is 0 Å². The number of hydrogen-bond donors (Lipinski definition) is 8. The molecule has 252 valence electrons. The Morgan fingerprint density at radius 2 is 1.19 bits per heavy atom. The Morgan fingerprint density at radius 1 is 0.628 bits per heavy atom. The standard InChI is InChI=1S/C29H55N3O11/c1-6-15-18(8-33)41-20(24(31-4)26(15)36)13-39-14-29-22(10-35)42-21(25(32-5)28(29)43-29)12-38-11-16-19(9-34)40-17(7-2)23(30-3)27(16)37/h15-28,30-37H,6-14H2,1-5H3. The molecule has 0 aromatic carbocycles. The van der Waals surface area contributed by atoms with E-state index in [1.807, 2.05) is 20.9 Å². The molecule has 14 heteroatoms. The predicted octanol–water partition coefficient (Wildman–Crippen LogP) is -3.03. The normalized spacial score (nSPS) is 46.5. The quantitative estimate of drug-likeness (QED) is 0.0811. The second kappa shape index (κ2) is 15.8. The minimum absolute atomic E-state index is 0.149. The van der Waals surface area contributed by atoms with Crippen molar-refractivity contribution >= 4 is 0 Å². The third-order valence-electron chi connectivity index (χ3n) is 10.1. The van der Waals surface area contributed by atoms with Gasteiger partial charge < -0.3 is 69.9 Å². The van der Waals surface area contributed by atoms with Crippen molar-refractivity contribution in [2.45, 2.75) is 105 Å². The van der Waals surface area contributed by atoms with Crippen LogP contribution in [-0.4, -0.2) is 172 Å². The SMILES string of the molecule is CCC1OC(CO)C(COCC2OC(CO)C3(COCC4OC(CO)C(CC)C(O)C4NC)OC3C2NC)C(O)C1NC. The number of epoxide rings is 1. The van der Waals surface area contributed by atoms with Gasteiger partial charge in [-0.15, -0.1) is 0 Å². The zero-order valence-electron chi connectivity index (χ0n) is 26.1. The van der Waals surface area contributed by atoms with E-state index >= 15 is 0 Å². The van der Waals surface area contributed by atoms with Crippen LogP contribution >= 0.6 is 0 Å². The van der Waals surface area contributed by atoms with E-state index in [1.165, 1.54) is 0 Å². The molecule has 4 aliphatic rings. The minimum atomic E-state index is -0.853. The maximum absolute atomic E-state index is 11.0.